The third-order valence-electron chi connectivity index (χ3n) is 2.61. The molecule has 1 aromatic carbocycles. The van der Waals surface area contributed by atoms with Gasteiger partial charge in [-0.25, -0.2) is 8.78 Å². The Hall–Kier alpha value is -1.81. The average molecular weight is 235 g/mol. The van der Waals surface area contributed by atoms with Gasteiger partial charge in [0.25, 0.3) is 0 Å². The number of aromatic nitrogens is 1. The lowest BCUT2D eigenvalue weighted by atomic mass is 9.99. The summed E-state index contributed by atoms with van der Waals surface area (Å²) in [6, 6.07) is 5.53. The molecule has 1 N–H and O–H groups in total. The van der Waals surface area contributed by atoms with Crippen molar-refractivity contribution in [2.24, 2.45) is 0 Å². The van der Waals surface area contributed by atoms with Crippen molar-refractivity contribution in [3.05, 3.63) is 65.0 Å². The first-order valence-corrected chi connectivity index (χ1v) is 5.13. The van der Waals surface area contributed by atoms with Crippen LogP contribution in [0, 0.1) is 18.6 Å². The number of pyridine rings is 1. The normalized spacial score (nSPS) is 12.5. The zero-order chi connectivity index (χ0) is 12.4. The highest BCUT2D eigenvalue weighted by molar-refractivity contribution is 5.34. The lowest BCUT2D eigenvalue weighted by Gasteiger charge is -2.14. The van der Waals surface area contributed by atoms with Gasteiger partial charge >= 0.3 is 0 Å². The van der Waals surface area contributed by atoms with E-state index in [1.165, 1.54) is 37.5 Å². The fourth-order valence-corrected chi connectivity index (χ4v) is 1.64. The van der Waals surface area contributed by atoms with Crippen LogP contribution in [0.5, 0.6) is 0 Å². The SMILES string of the molecule is Cc1ccc(F)c(C(O)c2ccncc2)c1F. The summed E-state index contributed by atoms with van der Waals surface area (Å²) in [5, 5.41) is 9.97. The third-order valence-corrected chi connectivity index (χ3v) is 2.61. The first-order chi connectivity index (χ1) is 8.11. The van der Waals surface area contributed by atoms with E-state index in [-0.39, 0.29) is 5.56 Å². The summed E-state index contributed by atoms with van der Waals surface area (Å²) >= 11 is 0. The zero-order valence-electron chi connectivity index (χ0n) is 9.19. The molecule has 2 aromatic rings. The van der Waals surface area contributed by atoms with Gasteiger partial charge in [0.1, 0.15) is 17.7 Å². The molecule has 1 atom stereocenters. The first kappa shape index (κ1) is 11.7. The van der Waals surface area contributed by atoms with Crippen molar-refractivity contribution in [3.63, 3.8) is 0 Å². The lowest BCUT2D eigenvalue weighted by Crippen LogP contribution is -2.07. The number of halogens is 2. The molecule has 2 nitrogen and oxygen atoms in total. The Morgan fingerprint density at radius 2 is 1.76 bits per heavy atom. The Bertz CT molecular complexity index is 528. The molecule has 4 heteroatoms. The maximum atomic E-state index is 13.8. The Morgan fingerprint density at radius 3 is 2.41 bits per heavy atom. The van der Waals surface area contributed by atoms with E-state index in [2.05, 4.69) is 4.98 Å². The number of benzene rings is 1. The van der Waals surface area contributed by atoms with Gasteiger partial charge in [-0.1, -0.05) is 6.07 Å². The van der Waals surface area contributed by atoms with Gasteiger partial charge in [-0.15, -0.1) is 0 Å². The van der Waals surface area contributed by atoms with Crippen molar-refractivity contribution >= 4 is 0 Å². The fourth-order valence-electron chi connectivity index (χ4n) is 1.64. The molecule has 2 rings (SSSR count). The minimum atomic E-state index is -1.32. The van der Waals surface area contributed by atoms with E-state index < -0.39 is 17.7 Å². The van der Waals surface area contributed by atoms with Crippen LogP contribution in [0.3, 0.4) is 0 Å². The zero-order valence-corrected chi connectivity index (χ0v) is 9.19. The molecule has 0 radical (unpaired) electrons. The highest BCUT2D eigenvalue weighted by atomic mass is 19.1. The molecule has 1 unspecified atom stereocenters. The minimum Gasteiger partial charge on any atom is -0.383 e. The summed E-state index contributed by atoms with van der Waals surface area (Å²) in [5.41, 5.74) is 0.383. The van der Waals surface area contributed by atoms with E-state index in [4.69, 9.17) is 0 Å². The molecule has 0 aliphatic carbocycles. The topological polar surface area (TPSA) is 33.1 Å². The van der Waals surface area contributed by atoms with Crippen LogP contribution in [0.2, 0.25) is 0 Å². The second kappa shape index (κ2) is 4.59. The van der Waals surface area contributed by atoms with Crippen molar-refractivity contribution in [2.45, 2.75) is 13.0 Å². The second-order valence-electron chi connectivity index (χ2n) is 3.78. The van der Waals surface area contributed by atoms with Gasteiger partial charge in [0.15, 0.2) is 0 Å². The predicted molar refractivity (Wildman–Crippen MR) is 59.4 cm³/mol. The highest BCUT2D eigenvalue weighted by Crippen LogP contribution is 2.27. The molecule has 0 amide bonds. The highest BCUT2D eigenvalue weighted by Gasteiger charge is 2.20. The van der Waals surface area contributed by atoms with E-state index in [1.807, 2.05) is 0 Å². The maximum Gasteiger partial charge on any atom is 0.135 e. The molecular formula is C13H11F2NO. The molecule has 0 fully saturated rings. The van der Waals surface area contributed by atoms with Gasteiger partial charge in [-0.2, -0.15) is 0 Å². The molecule has 0 bridgehead atoms. The lowest BCUT2D eigenvalue weighted by molar-refractivity contribution is 0.208. The molecule has 88 valence electrons. The number of aryl methyl sites for hydroxylation is 1. The summed E-state index contributed by atoms with van der Waals surface area (Å²) in [5.74, 6) is -1.47. The monoisotopic (exact) mass is 235 g/mol. The second-order valence-corrected chi connectivity index (χ2v) is 3.78. The van der Waals surface area contributed by atoms with Crippen molar-refractivity contribution in [2.75, 3.05) is 0 Å². The quantitative estimate of drug-likeness (QED) is 0.868. The van der Waals surface area contributed by atoms with Gasteiger partial charge in [-0.05, 0) is 36.2 Å². The molecule has 1 heterocycles. The number of hydrogen-bond acceptors (Lipinski definition) is 2. The smallest absolute Gasteiger partial charge is 0.135 e. The fraction of sp³-hybridized carbons (Fsp3) is 0.154. The Balaban J connectivity index is 2.51. The first-order valence-electron chi connectivity index (χ1n) is 5.13. The Kier molecular flexibility index (Phi) is 3.15. The van der Waals surface area contributed by atoms with E-state index in [9.17, 15) is 13.9 Å². The summed E-state index contributed by atoms with van der Waals surface area (Å²) in [6.45, 7) is 1.53. The molecule has 0 spiro atoms. The predicted octanol–water partition coefficient (Wildman–Crippen LogP) is 2.75. The van der Waals surface area contributed by atoms with Gasteiger partial charge < -0.3 is 5.11 Å². The maximum absolute atomic E-state index is 13.8. The molecule has 0 aliphatic rings. The standard InChI is InChI=1S/C13H11F2NO/c1-8-2-3-10(14)11(12(8)15)13(17)9-4-6-16-7-5-9/h2-7,13,17H,1H3. The number of aliphatic hydroxyl groups excluding tert-OH is 1. The van der Waals surface area contributed by atoms with Gasteiger partial charge in [-0.3, -0.25) is 4.98 Å². The Labute approximate surface area is 97.6 Å². The third kappa shape index (κ3) is 2.17. The molecule has 17 heavy (non-hydrogen) atoms. The molecule has 1 aromatic heterocycles. The van der Waals surface area contributed by atoms with E-state index in [0.717, 1.165) is 6.07 Å². The number of nitrogens with zero attached hydrogens (tertiary/aromatic N) is 1. The largest absolute Gasteiger partial charge is 0.383 e. The van der Waals surface area contributed by atoms with Crippen molar-refractivity contribution in [1.29, 1.82) is 0 Å². The summed E-state index contributed by atoms with van der Waals surface area (Å²) in [6.07, 6.45) is 1.60. The van der Waals surface area contributed by atoms with E-state index in [1.54, 1.807) is 0 Å². The van der Waals surface area contributed by atoms with Crippen molar-refractivity contribution in [1.82, 2.24) is 4.98 Å². The minimum absolute atomic E-state index is 0.300. The number of rotatable bonds is 2. The number of hydrogen-bond donors (Lipinski definition) is 1. The van der Waals surface area contributed by atoms with Gasteiger partial charge in [0, 0.05) is 12.4 Å². The van der Waals surface area contributed by atoms with Crippen LogP contribution < -0.4 is 0 Å². The van der Waals surface area contributed by atoms with E-state index >= 15 is 0 Å². The van der Waals surface area contributed by atoms with Crippen LogP contribution in [0.1, 0.15) is 22.8 Å². The summed E-state index contributed by atoms with van der Waals surface area (Å²) in [7, 11) is 0. The van der Waals surface area contributed by atoms with Gasteiger partial charge in [0.2, 0.25) is 0 Å². The Morgan fingerprint density at radius 1 is 1.12 bits per heavy atom. The van der Waals surface area contributed by atoms with E-state index in [0.29, 0.717) is 11.1 Å². The van der Waals surface area contributed by atoms with Crippen LogP contribution >= 0.6 is 0 Å². The molecule has 0 aliphatic heterocycles. The van der Waals surface area contributed by atoms with Gasteiger partial charge in [0.05, 0.1) is 5.56 Å². The van der Waals surface area contributed by atoms with Crippen LogP contribution in [-0.4, -0.2) is 10.1 Å². The van der Waals surface area contributed by atoms with Crippen LogP contribution in [-0.2, 0) is 0 Å². The van der Waals surface area contributed by atoms with Crippen LogP contribution in [0.15, 0.2) is 36.7 Å². The number of aliphatic hydroxyl groups is 1. The average Bonchev–Trinajstić information content (AvgIpc) is 2.35. The van der Waals surface area contributed by atoms with Crippen molar-refractivity contribution in [3.8, 4) is 0 Å². The molecule has 0 saturated heterocycles. The van der Waals surface area contributed by atoms with Crippen LogP contribution in [0.4, 0.5) is 8.78 Å². The summed E-state index contributed by atoms with van der Waals surface area (Å²) in [4.78, 5) is 3.79. The van der Waals surface area contributed by atoms with Crippen molar-refractivity contribution < 1.29 is 13.9 Å². The van der Waals surface area contributed by atoms with Crippen LogP contribution in [0.25, 0.3) is 0 Å². The molecular weight excluding hydrogens is 224 g/mol. The molecule has 0 saturated carbocycles. The summed E-state index contributed by atoms with van der Waals surface area (Å²) < 4.78 is 27.3.